The Kier molecular flexibility index (Phi) is 7.40. The van der Waals surface area contributed by atoms with Crippen LogP contribution in [0.4, 0.5) is 10.1 Å². The van der Waals surface area contributed by atoms with Gasteiger partial charge in [-0.15, -0.1) is 0 Å². The highest BCUT2D eigenvalue weighted by Crippen LogP contribution is 2.25. The molecule has 0 spiro atoms. The van der Waals surface area contributed by atoms with E-state index in [9.17, 15) is 9.18 Å². The van der Waals surface area contributed by atoms with Gasteiger partial charge in [-0.3, -0.25) is 4.79 Å². The fourth-order valence-corrected chi connectivity index (χ4v) is 2.72. The van der Waals surface area contributed by atoms with Gasteiger partial charge in [-0.25, -0.2) is 4.39 Å². The van der Waals surface area contributed by atoms with Crippen LogP contribution in [-0.4, -0.2) is 37.0 Å². The Hall–Kier alpha value is -1.92. The van der Waals surface area contributed by atoms with Crippen molar-refractivity contribution in [2.45, 2.75) is 13.8 Å². The summed E-state index contributed by atoms with van der Waals surface area (Å²) in [6, 6.07) is 11.5. The monoisotopic (exact) mass is 408 g/mol. The van der Waals surface area contributed by atoms with Crippen LogP contribution in [0.5, 0.6) is 5.75 Å². The average Bonchev–Trinajstić information content (AvgIpc) is 2.60. The van der Waals surface area contributed by atoms with Crippen LogP contribution in [0.3, 0.4) is 0 Å². The molecule has 0 saturated carbocycles. The third kappa shape index (κ3) is 5.54. The minimum atomic E-state index is -0.577. The summed E-state index contributed by atoms with van der Waals surface area (Å²) in [5, 5.41) is 2.72. The molecule has 0 radical (unpaired) electrons. The molecule has 0 aliphatic rings. The van der Waals surface area contributed by atoms with Gasteiger partial charge < -0.3 is 15.0 Å². The van der Waals surface area contributed by atoms with E-state index in [1.807, 2.05) is 6.07 Å². The smallest absolute Gasteiger partial charge is 0.258 e. The van der Waals surface area contributed by atoms with Gasteiger partial charge in [0.05, 0.1) is 11.3 Å². The van der Waals surface area contributed by atoms with Gasteiger partial charge in [0.15, 0.2) is 0 Å². The number of halogens is 2. The summed E-state index contributed by atoms with van der Waals surface area (Å²) in [5.74, 6) is -0.517. The molecule has 0 unspecified atom stereocenters. The van der Waals surface area contributed by atoms with E-state index in [1.54, 1.807) is 24.3 Å². The second kappa shape index (κ2) is 9.53. The molecule has 0 saturated heterocycles. The number of likely N-dealkylation sites (N-methyl/N-ethyl adjacent to an activating group) is 1. The van der Waals surface area contributed by atoms with E-state index in [0.717, 1.165) is 19.6 Å². The number of rotatable bonds is 8. The number of carbonyl (C=O) groups excluding carboxylic acids is 1. The molecule has 0 heterocycles. The van der Waals surface area contributed by atoms with Crippen LogP contribution in [0.15, 0.2) is 46.9 Å². The number of amides is 1. The molecule has 2 rings (SSSR count). The Morgan fingerprint density at radius 1 is 1.20 bits per heavy atom. The lowest BCUT2D eigenvalue weighted by molar-refractivity contribution is 0.102. The van der Waals surface area contributed by atoms with E-state index < -0.39 is 11.7 Å². The summed E-state index contributed by atoms with van der Waals surface area (Å²) >= 11 is 3.18. The predicted molar refractivity (Wildman–Crippen MR) is 102 cm³/mol. The fraction of sp³-hybridized carbons (Fsp3) is 0.316. The average molecular weight is 409 g/mol. The van der Waals surface area contributed by atoms with Crippen molar-refractivity contribution in [3.8, 4) is 5.75 Å². The molecular formula is C19H22BrFN2O2. The fourth-order valence-electron chi connectivity index (χ4n) is 2.38. The molecule has 25 heavy (non-hydrogen) atoms. The molecule has 0 aromatic heterocycles. The Bertz CT molecular complexity index is 720. The second-order valence-corrected chi connectivity index (χ2v) is 6.37. The van der Waals surface area contributed by atoms with Crippen molar-refractivity contribution in [1.29, 1.82) is 0 Å². The highest BCUT2D eigenvalue weighted by molar-refractivity contribution is 9.10. The standard InChI is InChI=1S/C19H22BrFN2O2/c1-3-23(4-2)11-12-25-18-8-6-5-7-17(18)22-19(24)15-10-9-14(20)13-16(15)21/h5-10,13H,3-4,11-12H2,1-2H3,(H,22,24). The van der Waals surface area contributed by atoms with Crippen molar-refractivity contribution >= 4 is 27.5 Å². The van der Waals surface area contributed by atoms with Gasteiger partial charge in [0.25, 0.3) is 5.91 Å². The third-order valence-electron chi connectivity index (χ3n) is 3.87. The zero-order valence-corrected chi connectivity index (χ0v) is 16.0. The van der Waals surface area contributed by atoms with Crippen molar-refractivity contribution < 1.29 is 13.9 Å². The summed E-state index contributed by atoms with van der Waals surface area (Å²) in [6.45, 7) is 7.44. The van der Waals surface area contributed by atoms with Crippen LogP contribution in [0.2, 0.25) is 0 Å². The van der Waals surface area contributed by atoms with Gasteiger partial charge in [0.1, 0.15) is 18.2 Å². The molecule has 6 heteroatoms. The van der Waals surface area contributed by atoms with Gasteiger partial charge in [0.2, 0.25) is 0 Å². The maximum absolute atomic E-state index is 13.9. The zero-order valence-electron chi connectivity index (χ0n) is 14.4. The summed E-state index contributed by atoms with van der Waals surface area (Å²) in [7, 11) is 0. The Morgan fingerprint density at radius 3 is 2.60 bits per heavy atom. The molecule has 4 nitrogen and oxygen atoms in total. The van der Waals surface area contributed by atoms with Crippen molar-refractivity contribution in [3.63, 3.8) is 0 Å². The van der Waals surface area contributed by atoms with E-state index in [1.165, 1.54) is 12.1 Å². The van der Waals surface area contributed by atoms with E-state index in [-0.39, 0.29) is 5.56 Å². The van der Waals surface area contributed by atoms with Gasteiger partial charge in [0, 0.05) is 11.0 Å². The number of ether oxygens (including phenoxy) is 1. The van der Waals surface area contributed by atoms with Crippen molar-refractivity contribution in [3.05, 3.63) is 58.3 Å². The largest absolute Gasteiger partial charge is 0.490 e. The maximum atomic E-state index is 13.9. The molecule has 2 aromatic carbocycles. The minimum absolute atomic E-state index is 0.0128. The van der Waals surface area contributed by atoms with Crippen LogP contribution in [-0.2, 0) is 0 Å². The highest BCUT2D eigenvalue weighted by atomic mass is 79.9. The molecule has 134 valence electrons. The van der Waals surface area contributed by atoms with Gasteiger partial charge in [-0.2, -0.15) is 0 Å². The van der Waals surface area contributed by atoms with Gasteiger partial charge in [-0.1, -0.05) is 41.9 Å². The summed E-state index contributed by atoms with van der Waals surface area (Å²) < 4.78 is 20.3. The molecule has 1 N–H and O–H groups in total. The highest BCUT2D eigenvalue weighted by Gasteiger charge is 2.14. The number of para-hydroxylation sites is 2. The Balaban J connectivity index is 2.05. The van der Waals surface area contributed by atoms with Crippen molar-refractivity contribution in [1.82, 2.24) is 4.90 Å². The number of anilines is 1. The first-order valence-corrected chi connectivity index (χ1v) is 9.05. The molecule has 2 aromatic rings. The van der Waals surface area contributed by atoms with E-state index >= 15 is 0 Å². The van der Waals surface area contributed by atoms with Crippen LogP contribution in [0, 0.1) is 5.82 Å². The first-order valence-electron chi connectivity index (χ1n) is 8.25. The number of carbonyl (C=O) groups is 1. The lowest BCUT2D eigenvalue weighted by Crippen LogP contribution is -2.28. The Labute approximate surface area is 156 Å². The number of hydrogen-bond acceptors (Lipinski definition) is 3. The summed E-state index contributed by atoms with van der Waals surface area (Å²) in [5.41, 5.74) is 0.510. The number of nitrogens with zero attached hydrogens (tertiary/aromatic N) is 1. The molecule has 0 aliphatic carbocycles. The number of benzene rings is 2. The van der Waals surface area contributed by atoms with Crippen LogP contribution < -0.4 is 10.1 Å². The molecule has 0 aliphatic heterocycles. The molecule has 0 fully saturated rings. The zero-order chi connectivity index (χ0) is 18.2. The molecule has 0 atom stereocenters. The lowest BCUT2D eigenvalue weighted by Gasteiger charge is -2.19. The Morgan fingerprint density at radius 2 is 1.92 bits per heavy atom. The van der Waals surface area contributed by atoms with Crippen molar-refractivity contribution in [2.75, 3.05) is 31.6 Å². The predicted octanol–water partition coefficient (Wildman–Crippen LogP) is 4.56. The summed E-state index contributed by atoms with van der Waals surface area (Å²) in [4.78, 5) is 14.6. The lowest BCUT2D eigenvalue weighted by atomic mass is 10.2. The van der Waals surface area contributed by atoms with Crippen molar-refractivity contribution in [2.24, 2.45) is 0 Å². The summed E-state index contributed by atoms with van der Waals surface area (Å²) in [6.07, 6.45) is 0. The quantitative estimate of drug-likeness (QED) is 0.695. The molecule has 0 bridgehead atoms. The van der Waals surface area contributed by atoms with Gasteiger partial charge in [-0.05, 0) is 43.4 Å². The minimum Gasteiger partial charge on any atom is -0.490 e. The third-order valence-corrected chi connectivity index (χ3v) is 4.36. The second-order valence-electron chi connectivity index (χ2n) is 5.45. The molecule has 1 amide bonds. The number of hydrogen-bond donors (Lipinski definition) is 1. The first-order chi connectivity index (χ1) is 12.0. The van der Waals surface area contributed by atoms with Crippen LogP contribution in [0.1, 0.15) is 24.2 Å². The molecular weight excluding hydrogens is 387 g/mol. The van der Waals surface area contributed by atoms with E-state index in [4.69, 9.17) is 4.74 Å². The number of nitrogens with one attached hydrogen (secondary N) is 1. The first kappa shape index (κ1) is 19.4. The SMILES string of the molecule is CCN(CC)CCOc1ccccc1NC(=O)c1ccc(Br)cc1F. The topological polar surface area (TPSA) is 41.6 Å². The van der Waals surface area contributed by atoms with Crippen LogP contribution >= 0.6 is 15.9 Å². The van der Waals surface area contributed by atoms with E-state index in [2.05, 4.69) is 40.0 Å². The van der Waals surface area contributed by atoms with E-state index in [0.29, 0.717) is 22.5 Å². The normalized spacial score (nSPS) is 10.8. The maximum Gasteiger partial charge on any atom is 0.258 e. The van der Waals surface area contributed by atoms with Gasteiger partial charge >= 0.3 is 0 Å². The van der Waals surface area contributed by atoms with Crippen LogP contribution in [0.25, 0.3) is 0 Å².